The summed E-state index contributed by atoms with van der Waals surface area (Å²) in [5.74, 6) is 0.961. The van der Waals surface area contributed by atoms with Crippen LogP contribution in [-0.2, 0) is 16.0 Å². The molecule has 4 heterocycles. The number of fused-ring (bicyclic) bond motifs is 1. The van der Waals surface area contributed by atoms with Gasteiger partial charge in [-0.3, -0.25) is 4.55 Å². The first-order valence-electron chi connectivity index (χ1n) is 14.7. The van der Waals surface area contributed by atoms with Crippen molar-refractivity contribution in [3.05, 3.63) is 60.0 Å². The zero-order chi connectivity index (χ0) is 30.8. The van der Waals surface area contributed by atoms with E-state index in [1.165, 1.54) is 6.07 Å². The maximum absolute atomic E-state index is 16.1. The van der Waals surface area contributed by atoms with Gasteiger partial charge in [0.2, 0.25) is 11.3 Å². The average Bonchev–Trinajstić information content (AvgIpc) is 3.56. The molecule has 2 aromatic carbocycles. The number of nitrogens with zero attached hydrogens (tertiary/aromatic N) is 5. The number of benzene rings is 2. The second-order valence-corrected chi connectivity index (χ2v) is 11.9. The molecule has 0 aliphatic carbocycles. The minimum atomic E-state index is -2.27. The van der Waals surface area contributed by atoms with Gasteiger partial charge in [-0.05, 0) is 56.0 Å². The molecule has 0 spiro atoms. The van der Waals surface area contributed by atoms with E-state index in [0.29, 0.717) is 42.8 Å². The van der Waals surface area contributed by atoms with Gasteiger partial charge >= 0.3 is 0 Å². The Morgan fingerprint density at radius 3 is 2.70 bits per heavy atom. The van der Waals surface area contributed by atoms with E-state index in [1.54, 1.807) is 24.4 Å². The van der Waals surface area contributed by atoms with Crippen molar-refractivity contribution in [3.63, 3.8) is 0 Å². The fourth-order valence-corrected chi connectivity index (χ4v) is 6.22. The Balaban J connectivity index is 1.54. The number of pyridine rings is 1. The van der Waals surface area contributed by atoms with Gasteiger partial charge in [0, 0.05) is 54.5 Å². The van der Waals surface area contributed by atoms with E-state index in [-0.39, 0.29) is 30.1 Å². The van der Waals surface area contributed by atoms with Crippen LogP contribution < -0.4 is 20.3 Å². The van der Waals surface area contributed by atoms with E-state index >= 15 is 8.78 Å². The van der Waals surface area contributed by atoms with Crippen molar-refractivity contribution in [3.8, 4) is 22.5 Å². The van der Waals surface area contributed by atoms with Gasteiger partial charge in [-0.1, -0.05) is 18.2 Å². The highest BCUT2D eigenvalue weighted by atomic mass is 32.2. The van der Waals surface area contributed by atoms with Gasteiger partial charge in [0.05, 0.1) is 30.5 Å². The molecule has 2 fully saturated rings. The summed E-state index contributed by atoms with van der Waals surface area (Å²) < 4.78 is 59.1. The molecule has 2 aromatic heterocycles. The number of hydrogen-bond donors (Lipinski definition) is 3. The summed E-state index contributed by atoms with van der Waals surface area (Å²) in [7, 11) is 0. The molecule has 13 heteroatoms. The standard InChI is InChI=1S/C31H35F2N7O3S/c1-19-18-43-14-13-40(19)31-24-15-21(22-5-4-6-23(28(22)33)25(32)9-10-36-44(41)42)16-26(39-11-2-3-12-39)29(24)37-30(38-31)20-7-8-27(34)35-17-20/h4-8,15-17,19,25,36H,2-3,9-14,18H2,1H3,(H2,34,35)(H,41,42). The lowest BCUT2D eigenvalue weighted by atomic mass is 9.96. The first-order chi connectivity index (χ1) is 21.3. The van der Waals surface area contributed by atoms with Crippen molar-refractivity contribution < 1.29 is 22.3 Å². The molecular formula is C31H35F2N7O3S. The second kappa shape index (κ2) is 13.1. The van der Waals surface area contributed by atoms with Crippen LogP contribution in [0.2, 0.25) is 0 Å². The average molecular weight is 624 g/mol. The molecule has 0 saturated carbocycles. The topological polar surface area (TPSA) is 130 Å². The Kier molecular flexibility index (Phi) is 8.98. The molecular weight excluding hydrogens is 588 g/mol. The number of halogens is 2. The fraction of sp³-hybridized carbons (Fsp3) is 0.387. The molecule has 0 amide bonds. The number of nitrogen functional groups attached to an aromatic ring is 1. The Morgan fingerprint density at radius 1 is 1.16 bits per heavy atom. The molecule has 10 nitrogen and oxygen atoms in total. The largest absolute Gasteiger partial charge is 0.384 e. The second-order valence-electron chi connectivity index (χ2n) is 11.2. The quantitative estimate of drug-likeness (QED) is 0.220. The van der Waals surface area contributed by atoms with Crippen LogP contribution in [0.1, 0.15) is 37.9 Å². The maximum atomic E-state index is 16.1. The predicted octanol–water partition coefficient (Wildman–Crippen LogP) is 5.03. The lowest BCUT2D eigenvalue weighted by molar-refractivity contribution is 0.0987. The van der Waals surface area contributed by atoms with E-state index < -0.39 is 23.3 Å². The number of ether oxygens (including phenoxy) is 1. The third-order valence-corrected chi connectivity index (χ3v) is 8.64. The van der Waals surface area contributed by atoms with E-state index in [4.69, 9.17) is 25.0 Å². The summed E-state index contributed by atoms with van der Waals surface area (Å²) >= 11 is -2.27. The van der Waals surface area contributed by atoms with E-state index in [0.717, 1.165) is 48.1 Å². The van der Waals surface area contributed by atoms with Crippen molar-refractivity contribution in [1.29, 1.82) is 0 Å². The Morgan fingerprint density at radius 2 is 1.98 bits per heavy atom. The minimum absolute atomic E-state index is 0.0346. The molecule has 6 rings (SSSR count). The molecule has 4 N–H and O–H groups in total. The van der Waals surface area contributed by atoms with Crippen LogP contribution in [0.5, 0.6) is 0 Å². The highest BCUT2D eigenvalue weighted by Gasteiger charge is 2.27. The smallest absolute Gasteiger partial charge is 0.231 e. The van der Waals surface area contributed by atoms with Crippen LogP contribution in [-0.4, -0.2) is 69.1 Å². The zero-order valence-corrected chi connectivity index (χ0v) is 25.2. The van der Waals surface area contributed by atoms with Crippen molar-refractivity contribution in [2.24, 2.45) is 0 Å². The van der Waals surface area contributed by atoms with Crippen molar-refractivity contribution in [2.75, 3.05) is 54.9 Å². The van der Waals surface area contributed by atoms with E-state index in [1.807, 2.05) is 18.2 Å². The Bertz CT molecular complexity index is 1670. The normalized spacial score (nSPS) is 18.6. The van der Waals surface area contributed by atoms with Gasteiger partial charge in [-0.15, -0.1) is 0 Å². The third-order valence-electron chi connectivity index (χ3n) is 8.19. The summed E-state index contributed by atoms with van der Waals surface area (Å²) in [6, 6.07) is 12.1. The van der Waals surface area contributed by atoms with Gasteiger partial charge in [0.1, 0.15) is 23.6 Å². The number of hydrogen-bond acceptors (Lipinski definition) is 8. The SMILES string of the molecule is CC1COCCN1c1nc(-c2ccc(N)nc2)nc2c(N3CCCC3)cc(-c3cccc(C(F)CCNS(=O)O)c3F)cc12. The lowest BCUT2D eigenvalue weighted by Gasteiger charge is -2.35. The van der Waals surface area contributed by atoms with Crippen LogP contribution in [0, 0.1) is 5.82 Å². The van der Waals surface area contributed by atoms with Crippen LogP contribution >= 0.6 is 0 Å². The number of anilines is 3. The van der Waals surface area contributed by atoms with Crippen molar-refractivity contribution in [1.82, 2.24) is 19.7 Å². The molecule has 3 unspecified atom stereocenters. The third kappa shape index (κ3) is 6.23. The number of nitrogens with two attached hydrogens (primary N) is 1. The van der Waals surface area contributed by atoms with Crippen molar-refractivity contribution in [2.45, 2.75) is 38.4 Å². The number of morpholine rings is 1. The minimum Gasteiger partial charge on any atom is -0.384 e. The van der Waals surface area contributed by atoms with Crippen LogP contribution in [0.3, 0.4) is 0 Å². The fourth-order valence-electron chi connectivity index (χ4n) is 5.92. The first-order valence-corrected chi connectivity index (χ1v) is 15.8. The van der Waals surface area contributed by atoms with Crippen molar-refractivity contribution >= 4 is 39.5 Å². The number of alkyl halides is 1. The van der Waals surface area contributed by atoms with Crippen LogP contribution in [0.25, 0.3) is 33.4 Å². The van der Waals surface area contributed by atoms with Gasteiger partial charge in [0.25, 0.3) is 0 Å². The van der Waals surface area contributed by atoms with Gasteiger partial charge in [-0.2, -0.15) is 0 Å². The van der Waals surface area contributed by atoms with Crippen LogP contribution in [0.4, 0.5) is 26.1 Å². The summed E-state index contributed by atoms with van der Waals surface area (Å²) in [6.45, 7) is 5.37. The predicted molar refractivity (Wildman–Crippen MR) is 169 cm³/mol. The lowest BCUT2D eigenvalue weighted by Crippen LogP contribution is -2.44. The van der Waals surface area contributed by atoms with E-state index in [2.05, 4.69) is 26.4 Å². The van der Waals surface area contributed by atoms with Gasteiger partial charge in [-0.25, -0.2) is 32.7 Å². The molecule has 44 heavy (non-hydrogen) atoms. The highest BCUT2D eigenvalue weighted by Crippen LogP contribution is 2.41. The molecule has 3 atom stereocenters. The first kappa shape index (κ1) is 30.3. The number of nitrogens with one attached hydrogen (secondary N) is 1. The molecule has 0 bridgehead atoms. The van der Waals surface area contributed by atoms with Crippen LogP contribution in [0.15, 0.2) is 48.7 Å². The summed E-state index contributed by atoms with van der Waals surface area (Å²) in [6.07, 6.45) is 1.90. The number of rotatable bonds is 9. The molecule has 2 saturated heterocycles. The Hall–Kier alpha value is -3.78. The van der Waals surface area contributed by atoms with E-state index in [9.17, 15) is 4.21 Å². The summed E-state index contributed by atoms with van der Waals surface area (Å²) in [4.78, 5) is 18.8. The molecule has 4 aromatic rings. The molecule has 232 valence electrons. The maximum Gasteiger partial charge on any atom is 0.231 e. The monoisotopic (exact) mass is 623 g/mol. The molecule has 2 aliphatic heterocycles. The summed E-state index contributed by atoms with van der Waals surface area (Å²) in [5.41, 5.74) is 8.95. The number of aromatic nitrogens is 3. The zero-order valence-electron chi connectivity index (χ0n) is 24.4. The van der Waals surface area contributed by atoms with Gasteiger partial charge in [0.15, 0.2) is 5.82 Å². The molecule has 2 aliphatic rings. The Labute approximate surface area is 257 Å². The molecule has 0 radical (unpaired) electrons. The summed E-state index contributed by atoms with van der Waals surface area (Å²) in [5, 5.41) is 0.765. The van der Waals surface area contributed by atoms with Gasteiger partial charge < -0.3 is 20.3 Å². The highest BCUT2D eigenvalue weighted by molar-refractivity contribution is 7.77.